The van der Waals surface area contributed by atoms with Crippen LogP contribution < -0.4 is 19.7 Å². The first-order valence-corrected chi connectivity index (χ1v) is 8.79. The van der Waals surface area contributed by atoms with Crippen molar-refractivity contribution in [2.45, 2.75) is 6.17 Å². The quantitative estimate of drug-likeness (QED) is 0.720. The minimum absolute atomic E-state index is 0.184. The van der Waals surface area contributed by atoms with Gasteiger partial charge in [0.05, 0.1) is 19.8 Å². The largest absolute Gasteiger partial charge is 0.493 e. The Morgan fingerprint density at radius 2 is 1.68 bits per heavy atom. The fraction of sp³-hybridized carbons (Fsp3) is 0.136. The van der Waals surface area contributed by atoms with Gasteiger partial charge in [0.25, 0.3) is 5.91 Å². The van der Waals surface area contributed by atoms with Crippen LogP contribution in [-0.4, -0.2) is 20.1 Å². The average molecular weight is 378 g/mol. The molecule has 28 heavy (non-hydrogen) atoms. The van der Waals surface area contributed by atoms with E-state index in [0.29, 0.717) is 22.7 Å². The summed E-state index contributed by atoms with van der Waals surface area (Å²) in [6.07, 6.45) is -0.557. The molecule has 0 bridgehead atoms. The summed E-state index contributed by atoms with van der Waals surface area (Å²) >= 11 is 0. The summed E-state index contributed by atoms with van der Waals surface area (Å²) in [4.78, 5) is 15.0. The number of rotatable bonds is 4. The van der Waals surface area contributed by atoms with Crippen molar-refractivity contribution in [3.05, 3.63) is 83.7 Å². The molecule has 0 fully saturated rings. The number of carbonyl (C=O) groups is 1. The fourth-order valence-electron chi connectivity index (χ4n) is 3.47. The summed E-state index contributed by atoms with van der Waals surface area (Å²) in [5.41, 5.74) is 2.57. The standard InChI is InChI=1S/C22H19FN2O3/c1-27-19-9-5-7-17(20(19)28-2)21-24-18-8-4-3-6-16(18)22(26)25(21)15-12-10-14(23)11-13-15/h3-13,21,24H,1-2H3. The fourth-order valence-corrected chi connectivity index (χ4v) is 3.47. The molecule has 1 aliphatic rings. The van der Waals surface area contributed by atoms with Gasteiger partial charge in [-0.15, -0.1) is 0 Å². The van der Waals surface area contributed by atoms with E-state index >= 15 is 0 Å². The van der Waals surface area contributed by atoms with Crippen LogP contribution in [0.25, 0.3) is 0 Å². The van der Waals surface area contributed by atoms with Crippen LogP contribution in [0.1, 0.15) is 22.1 Å². The summed E-state index contributed by atoms with van der Waals surface area (Å²) in [6.45, 7) is 0. The van der Waals surface area contributed by atoms with Crippen LogP contribution in [0.2, 0.25) is 0 Å². The Bertz CT molecular complexity index is 1020. The van der Waals surface area contributed by atoms with Crippen LogP contribution in [0, 0.1) is 5.82 Å². The van der Waals surface area contributed by atoms with Gasteiger partial charge in [0.1, 0.15) is 12.0 Å². The average Bonchev–Trinajstić information content (AvgIpc) is 2.74. The number of nitrogens with one attached hydrogen (secondary N) is 1. The van der Waals surface area contributed by atoms with Gasteiger partial charge in [0.2, 0.25) is 0 Å². The third-order valence-electron chi connectivity index (χ3n) is 4.76. The first kappa shape index (κ1) is 17.9. The van der Waals surface area contributed by atoms with Gasteiger partial charge < -0.3 is 14.8 Å². The maximum Gasteiger partial charge on any atom is 0.262 e. The molecular weight excluding hydrogens is 359 g/mol. The zero-order valence-electron chi connectivity index (χ0n) is 15.5. The number of fused-ring (bicyclic) bond motifs is 1. The molecule has 6 heteroatoms. The van der Waals surface area contributed by atoms with Crippen LogP contribution in [0.5, 0.6) is 11.5 Å². The molecular formula is C22H19FN2O3. The number of para-hydroxylation sites is 2. The highest BCUT2D eigenvalue weighted by Crippen LogP contribution is 2.42. The number of hydrogen-bond acceptors (Lipinski definition) is 4. The molecule has 1 aliphatic heterocycles. The lowest BCUT2D eigenvalue weighted by Gasteiger charge is -2.38. The van der Waals surface area contributed by atoms with Crippen molar-refractivity contribution in [2.75, 3.05) is 24.4 Å². The lowest BCUT2D eigenvalue weighted by Crippen LogP contribution is -2.43. The number of amides is 1. The molecule has 0 spiro atoms. The number of carbonyl (C=O) groups excluding carboxylic acids is 1. The van der Waals surface area contributed by atoms with Crippen LogP contribution in [0.4, 0.5) is 15.8 Å². The molecule has 1 atom stereocenters. The topological polar surface area (TPSA) is 50.8 Å². The Balaban J connectivity index is 1.91. The molecule has 0 radical (unpaired) electrons. The van der Waals surface area contributed by atoms with E-state index in [2.05, 4.69) is 5.32 Å². The second-order valence-electron chi connectivity index (χ2n) is 6.33. The Kier molecular flexibility index (Phi) is 4.61. The van der Waals surface area contributed by atoms with E-state index in [0.717, 1.165) is 11.3 Å². The molecule has 5 nitrogen and oxygen atoms in total. The second-order valence-corrected chi connectivity index (χ2v) is 6.33. The number of hydrogen-bond donors (Lipinski definition) is 1. The van der Waals surface area contributed by atoms with Crippen LogP contribution >= 0.6 is 0 Å². The van der Waals surface area contributed by atoms with E-state index in [1.54, 1.807) is 43.4 Å². The summed E-state index contributed by atoms with van der Waals surface area (Å²) in [7, 11) is 3.12. The van der Waals surface area contributed by atoms with Crippen molar-refractivity contribution in [1.82, 2.24) is 0 Å². The normalized spacial score (nSPS) is 15.6. The molecule has 0 aromatic heterocycles. The zero-order valence-corrected chi connectivity index (χ0v) is 15.5. The van der Waals surface area contributed by atoms with E-state index in [-0.39, 0.29) is 11.7 Å². The summed E-state index contributed by atoms with van der Waals surface area (Å²) in [5.74, 6) is 0.543. The van der Waals surface area contributed by atoms with Gasteiger partial charge in [0, 0.05) is 16.9 Å². The Morgan fingerprint density at radius 3 is 2.39 bits per heavy atom. The molecule has 142 valence electrons. The van der Waals surface area contributed by atoms with Crippen LogP contribution in [0.3, 0.4) is 0 Å². The van der Waals surface area contributed by atoms with E-state index in [1.807, 2.05) is 30.3 Å². The SMILES string of the molecule is COc1cccc(C2Nc3ccccc3C(=O)N2c2ccc(F)cc2)c1OC. The van der Waals surface area contributed by atoms with E-state index in [9.17, 15) is 9.18 Å². The van der Waals surface area contributed by atoms with Crippen molar-refractivity contribution >= 4 is 17.3 Å². The Hall–Kier alpha value is -3.54. The molecule has 1 heterocycles. The van der Waals surface area contributed by atoms with E-state index in [1.165, 1.54) is 12.1 Å². The first-order valence-electron chi connectivity index (χ1n) is 8.79. The molecule has 0 aliphatic carbocycles. The minimum atomic E-state index is -0.557. The van der Waals surface area contributed by atoms with Gasteiger partial charge in [0.15, 0.2) is 11.5 Å². The predicted molar refractivity (Wildman–Crippen MR) is 106 cm³/mol. The maximum absolute atomic E-state index is 13.5. The van der Waals surface area contributed by atoms with E-state index < -0.39 is 6.17 Å². The highest BCUT2D eigenvalue weighted by Gasteiger charge is 2.36. The number of anilines is 2. The highest BCUT2D eigenvalue weighted by molar-refractivity contribution is 6.12. The van der Waals surface area contributed by atoms with Crippen molar-refractivity contribution < 1.29 is 18.7 Å². The third kappa shape index (κ3) is 2.93. The van der Waals surface area contributed by atoms with E-state index in [4.69, 9.17) is 9.47 Å². The molecule has 4 rings (SSSR count). The first-order chi connectivity index (χ1) is 13.6. The van der Waals surface area contributed by atoms with Crippen molar-refractivity contribution in [3.8, 4) is 11.5 Å². The van der Waals surface area contributed by atoms with Gasteiger partial charge in [-0.2, -0.15) is 0 Å². The molecule has 0 saturated carbocycles. The molecule has 1 amide bonds. The predicted octanol–water partition coefficient (Wildman–Crippen LogP) is 4.61. The molecule has 3 aromatic rings. The Morgan fingerprint density at radius 1 is 0.929 bits per heavy atom. The van der Waals surface area contributed by atoms with Gasteiger partial charge in [-0.25, -0.2) is 4.39 Å². The number of nitrogens with zero attached hydrogens (tertiary/aromatic N) is 1. The minimum Gasteiger partial charge on any atom is -0.493 e. The Labute approximate surface area is 162 Å². The lowest BCUT2D eigenvalue weighted by atomic mass is 10.0. The van der Waals surface area contributed by atoms with Crippen molar-refractivity contribution in [1.29, 1.82) is 0 Å². The van der Waals surface area contributed by atoms with Gasteiger partial charge >= 0.3 is 0 Å². The molecule has 3 aromatic carbocycles. The summed E-state index contributed by atoms with van der Waals surface area (Å²) in [6, 6.07) is 18.7. The smallest absolute Gasteiger partial charge is 0.262 e. The molecule has 0 saturated heterocycles. The number of methoxy groups -OCH3 is 2. The monoisotopic (exact) mass is 378 g/mol. The maximum atomic E-state index is 13.5. The highest BCUT2D eigenvalue weighted by atomic mass is 19.1. The lowest BCUT2D eigenvalue weighted by molar-refractivity contribution is 0.0974. The van der Waals surface area contributed by atoms with Gasteiger partial charge in [-0.05, 0) is 42.5 Å². The third-order valence-corrected chi connectivity index (χ3v) is 4.76. The van der Waals surface area contributed by atoms with Gasteiger partial charge in [-0.1, -0.05) is 24.3 Å². The summed E-state index contributed by atoms with van der Waals surface area (Å²) in [5, 5.41) is 3.41. The van der Waals surface area contributed by atoms with Crippen LogP contribution in [0.15, 0.2) is 66.7 Å². The zero-order chi connectivity index (χ0) is 19.7. The molecule has 1 N–H and O–H groups in total. The van der Waals surface area contributed by atoms with Crippen molar-refractivity contribution in [2.24, 2.45) is 0 Å². The molecule has 1 unspecified atom stereocenters. The van der Waals surface area contributed by atoms with Crippen LogP contribution in [-0.2, 0) is 0 Å². The number of ether oxygens (including phenoxy) is 2. The van der Waals surface area contributed by atoms with Crippen molar-refractivity contribution in [3.63, 3.8) is 0 Å². The van der Waals surface area contributed by atoms with Gasteiger partial charge in [-0.3, -0.25) is 9.69 Å². The summed E-state index contributed by atoms with van der Waals surface area (Å²) < 4.78 is 24.5. The number of benzene rings is 3. The number of halogens is 1. The second kappa shape index (κ2) is 7.23.